The zero-order valence-corrected chi connectivity index (χ0v) is 31.9. The molecule has 0 unspecified atom stereocenters. The van der Waals surface area contributed by atoms with E-state index in [2.05, 4.69) is 138 Å². The van der Waals surface area contributed by atoms with E-state index < -0.39 is 0 Å². The number of phenols is 3. The summed E-state index contributed by atoms with van der Waals surface area (Å²) in [4.78, 5) is 0. The molecule has 0 saturated heterocycles. The Morgan fingerprint density at radius 1 is 0.388 bits per heavy atom. The van der Waals surface area contributed by atoms with E-state index in [1.54, 1.807) is 0 Å². The lowest BCUT2D eigenvalue weighted by Crippen LogP contribution is -2.16. The van der Waals surface area contributed by atoms with Gasteiger partial charge >= 0.3 is 0 Å². The first-order valence-electron chi connectivity index (χ1n) is 17.7. The van der Waals surface area contributed by atoms with Crippen LogP contribution in [0.1, 0.15) is 155 Å². The summed E-state index contributed by atoms with van der Waals surface area (Å²) in [5, 5.41) is 36.0. The van der Waals surface area contributed by atoms with Gasteiger partial charge in [0.2, 0.25) is 0 Å². The second kappa shape index (κ2) is 12.3. The van der Waals surface area contributed by atoms with Crippen LogP contribution in [0.5, 0.6) is 17.2 Å². The number of aromatic hydroxyl groups is 3. The number of fused-ring (bicyclic) bond motifs is 8. The Kier molecular flexibility index (Phi) is 9.08. The number of hydrogen-bond donors (Lipinski definition) is 3. The maximum absolute atomic E-state index is 12.0. The second-order valence-electron chi connectivity index (χ2n) is 18.5. The van der Waals surface area contributed by atoms with Gasteiger partial charge in [-0.3, -0.25) is 0 Å². The summed E-state index contributed by atoms with van der Waals surface area (Å²) < 4.78 is 0. The third-order valence-electron chi connectivity index (χ3n) is 10.2. The fourth-order valence-corrected chi connectivity index (χ4v) is 6.87. The molecule has 0 spiro atoms. The minimum absolute atomic E-state index is 0.149. The van der Waals surface area contributed by atoms with Crippen molar-refractivity contribution in [2.45, 2.75) is 130 Å². The van der Waals surface area contributed by atoms with Gasteiger partial charge in [0.05, 0.1) is 0 Å². The third-order valence-corrected chi connectivity index (χ3v) is 10.2. The predicted molar refractivity (Wildman–Crippen MR) is 205 cm³/mol. The van der Waals surface area contributed by atoms with E-state index in [4.69, 9.17) is 6.42 Å². The average molecular weight is 657 g/mol. The molecule has 1 aliphatic carbocycles. The van der Waals surface area contributed by atoms with Crippen LogP contribution in [0, 0.1) is 12.3 Å². The van der Waals surface area contributed by atoms with Crippen LogP contribution in [0.25, 0.3) is 0 Å². The summed E-state index contributed by atoms with van der Waals surface area (Å²) in [6.45, 7) is 26.3. The lowest BCUT2D eigenvalue weighted by molar-refractivity contribution is 0.452. The van der Waals surface area contributed by atoms with E-state index >= 15 is 0 Å². The van der Waals surface area contributed by atoms with Crippen LogP contribution in [0.2, 0.25) is 0 Å². The highest BCUT2D eigenvalue weighted by Crippen LogP contribution is 2.42. The number of benzene rings is 4. The molecular weight excluding hydrogens is 601 g/mol. The van der Waals surface area contributed by atoms with Crippen molar-refractivity contribution in [3.63, 3.8) is 0 Å². The summed E-state index contributed by atoms with van der Waals surface area (Å²) in [6, 6.07) is 17.0. The number of terminal acetylenes is 1. The van der Waals surface area contributed by atoms with Crippen molar-refractivity contribution in [3.05, 3.63) is 121 Å². The molecule has 3 N–H and O–H groups in total. The van der Waals surface area contributed by atoms with E-state index in [-0.39, 0.29) is 38.9 Å². The Morgan fingerprint density at radius 3 is 0.755 bits per heavy atom. The van der Waals surface area contributed by atoms with Crippen molar-refractivity contribution in [3.8, 4) is 29.6 Å². The van der Waals surface area contributed by atoms with Crippen molar-refractivity contribution in [2.75, 3.05) is 0 Å². The molecule has 3 heteroatoms. The highest BCUT2D eigenvalue weighted by atomic mass is 16.3. The van der Waals surface area contributed by atoms with Crippen LogP contribution in [0.3, 0.4) is 0 Å². The molecule has 0 fully saturated rings. The zero-order chi connectivity index (χ0) is 36.4. The van der Waals surface area contributed by atoms with E-state index in [1.807, 2.05) is 0 Å². The summed E-state index contributed by atoms with van der Waals surface area (Å²) >= 11 is 0. The molecule has 1 aliphatic rings. The fourth-order valence-electron chi connectivity index (χ4n) is 6.87. The second-order valence-corrected chi connectivity index (χ2v) is 18.5. The van der Waals surface area contributed by atoms with Crippen molar-refractivity contribution in [1.82, 2.24) is 0 Å². The van der Waals surface area contributed by atoms with Crippen LogP contribution >= 0.6 is 0 Å². The molecule has 49 heavy (non-hydrogen) atoms. The monoisotopic (exact) mass is 656 g/mol. The molecule has 4 aromatic carbocycles. The molecule has 4 aromatic rings. The lowest BCUT2D eigenvalue weighted by atomic mass is 9.78. The van der Waals surface area contributed by atoms with E-state index in [0.717, 1.165) is 72.3 Å². The first kappa shape index (κ1) is 36.1. The average Bonchev–Trinajstić information content (AvgIpc) is 2.96. The predicted octanol–water partition coefficient (Wildman–Crippen LogP) is 10.7. The maximum Gasteiger partial charge on any atom is 0.122 e. The molecule has 5 rings (SSSR count). The fraction of sp³-hybridized carbons (Fsp3) is 0.435. The normalized spacial score (nSPS) is 14.0. The molecule has 8 bridgehead atoms. The molecule has 258 valence electrons. The molecule has 0 atom stereocenters. The van der Waals surface area contributed by atoms with Crippen LogP contribution in [-0.2, 0) is 47.3 Å². The van der Waals surface area contributed by atoms with Gasteiger partial charge in [0.25, 0.3) is 0 Å². The van der Waals surface area contributed by atoms with Crippen LogP contribution in [0.15, 0.2) is 48.5 Å². The van der Waals surface area contributed by atoms with Crippen LogP contribution < -0.4 is 0 Å². The van der Waals surface area contributed by atoms with Crippen molar-refractivity contribution >= 4 is 0 Å². The minimum Gasteiger partial charge on any atom is -0.507 e. The van der Waals surface area contributed by atoms with Gasteiger partial charge < -0.3 is 15.3 Å². The summed E-state index contributed by atoms with van der Waals surface area (Å²) in [5.41, 5.74) is 11.3. The quantitative estimate of drug-likeness (QED) is 0.145. The first-order valence-corrected chi connectivity index (χ1v) is 17.7. The standard InChI is InChI=1S/C46H56O3/c1-14-39-27-15-29-21-36(44(5,6)7)23-31(40(29)47)17-33-25-38(46(11,12)13)26-34(42(33)49)18-32-24-37(45(8,9)10)22-30(41(32)48)16-28(39)20-35(19-27)43(2,3)4/h1,19-26,47-49H,15-18H2,2-13H3. The van der Waals surface area contributed by atoms with E-state index in [1.165, 1.54) is 0 Å². The first-order chi connectivity index (χ1) is 22.5. The molecule has 0 aliphatic heterocycles. The largest absolute Gasteiger partial charge is 0.507 e. The van der Waals surface area contributed by atoms with E-state index in [0.29, 0.717) is 25.7 Å². The Balaban J connectivity index is 1.92. The summed E-state index contributed by atoms with van der Waals surface area (Å²) in [7, 11) is 0. The molecule has 0 saturated carbocycles. The Morgan fingerprint density at radius 2 is 0.571 bits per heavy atom. The van der Waals surface area contributed by atoms with Gasteiger partial charge in [-0.25, -0.2) is 0 Å². The number of phenolic OH excluding ortho intramolecular Hbond substituents is 3. The highest BCUT2D eigenvalue weighted by Gasteiger charge is 2.27. The minimum atomic E-state index is -0.182. The van der Waals surface area contributed by atoms with Crippen LogP contribution in [-0.4, -0.2) is 15.3 Å². The molecule has 0 radical (unpaired) electrons. The number of hydrogen-bond acceptors (Lipinski definition) is 3. The van der Waals surface area contributed by atoms with Gasteiger partial charge in [-0.05, 0) is 88.4 Å². The van der Waals surface area contributed by atoms with Gasteiger partial charge in [0, 0.05) is 31.2 Å². The Labute approximate surface area is 295 Å². The van der Waals surface area contributed by atoms with Crippen molar-refractivity contribution < 1.29 is 15.3 Å². The topological polar surface area (TPSA) is 60.7 Å². The van der Waals surface area contributed by atoms with Gasteiger partial charge in [0.1, 0.15) is 17.2 Å². The molecule has 0 amide bonds. The van der Waals surface area contributed by atoms with Crippen molar-refractivity contribution in [2.24, 2.45) is 0 Å². The summed E-state index contributed by atoms with van der Waals surface area (Å²) in [5.74, 6) is 3.72. The SMILES string of the molecule is C#Cc1c2cc(C(C)(C)C)cc1Cc1cc(C(C)(C)C)cc(c1O)Cc1cc(C(C)(C)C)cc(c1O)Cc1cc(C(C)(C)C)cc(c1O)C2. The van der Waals surface area contributed by atoms with Gasteiger partial charge in [0.15, 0.2) is 0 Å². The third kappa shape index (κ3) is 7.40. The molecule has 3 nitrogen and oxygen atoms in total. The summed E-state index contributed by atoms with van der Waals surface area (Å²) in [6.07, 6.45) is 7.97. The highest BCUT2D eigenvalue weighted by molar-refractivity contribution is 5.59. The smallest absolute Gasteiger partial charge is 0.122 e. The number of rotatable bonds is 0. The van der Waals surface area contributed by atoms with Crippen LogP contribution in [0.4, 0.5) is 0 Å². The molecular formula is C46H56O3. The molecule has 0 heterocycles. The van der Waals surface area contributed by atoms with E-state index in [9.17, 15) is 15.3 Å². The van der Waals surface area contributed by atoms with Gasteiger partial charge in [-0.2, -0.15) is 0 Å². The van der Waals surface area contributed by atoms with Gasteiger partial charge in [-0.15, -0.1) is 6.42 Å². The lowest BCUT2D eigenvalue weighted by Gasteiger charge is -2.27. The van der Waals surface area contributed by atoms with Crippen molar-refractivity contribution in [1.29, 1.82) is 0 Å². The Bertz CT molecular complexity index is 1850. The maximum atomic E-state index is 12.0. The van der Waals surface area contributed by atoms with Gasteiger partial charge in [-0.1, -0.05) is 138 Å². The Hall–Kier alpha value is -4.16. The zero-order valence-electron chi connectivity index (χ0n) is 31.9. The molecule has 0 aromatic heterocycles.